The van der Waals surface area contributed by atoms with Gasteiger partial charge in [0, 0.05) is 19.7 Å². The number of nitrogens with one attached hydrogen (secondary N) is 1. The van der Waals surface area contributed by atoms with Crippen LogP contribution in [0.2, 0.25) is 0 Å². The minimum atomic E-state index is -3.56. The van der Waals surface area contributed by atoms with Crippen molar-refractivity contribution in [3.8, 4) is 0 Å². The third kappa shape index (κ3) is 4.56. The Kier molecular flexibility index (Phi) is 5.70. The zero-order chi connectivity index (χ0) is 15.4. The van der Waals surface area contributed by atoms with Gasteiger partial charge in [0.1, 0.15) is 0 Å². The second kappa shape index (κ2) is 6.67. The van der Waals surface area contributed by atoms with E-state index in [1.54, 1.807) is 19.1 Å². The number of ether oxygens (including phenoxy) is 1. The minimum Gasteiger partial charge on any atom is -0.375 e. The van der Waals surface area contributed by atoms with Crippen LogP contribution in [0.1, 0.15) is 31.9 Å². The van der Waals surface area contributed by atoms with Crippen LogP contribution in [0.3, 0.4) is 0 Å². The van der Waals surface area contributed by atoms with E-state index in [9.17, 15) is 8.42 Å². The van der Waals surface area contributed by atoms with Gasteiger partial charge in [0.2, 0.25) is 10.0 Å². The zero-order valence-corrected chi connectivity index (χ0v) is 13.4. The van der Waals surface area contributed by atoms with Crippen molar-refractivity contribution in [1.82, 2.24) is 4.72 Å². The van der Waals surface area contributed by atoms with E-state index in [0.29, 0.717) is 18.7 Å². The quantitative estimate of drug-likeness (QED) is 0.800. The summed E-state index contributed by atoms with van der Waals surface area (Å²) in [6.07, 6.45) is 0. The van der Waals surface area contributed by atoms with Crippen LogP contribution in [0.5, 0.6) is 0 Å². The van der Waals surface area contributed by atoms with E-state index in [1.807, 2.05) is 26.8 Å². The molecule has 0 fully saturated rings. The fraction of sp³-hybridized carbons (Fsp3) is 0.571. The number of benzene rings is 1. The second-order valence-corrected chi connectivity index (χ2v) is 7.06. The van der Waals surface area contributed by atoms with Gasteiger partial charge in [0.25, 0.3) is 0 Å². The molecule has 3 N–H and O–H groups in total. The van der Waals surface area contributed by atoms with Gasteiger partial charge in [-0.3, -0.25) is 0 Å². The Balaban J connectivity index is 2.94. The molecule has 0 spiro atoms. The summed E-state index contributed by atoms with van der Waals surface area (Å²) in [5.74, 6) is 0. The first-order valence-corrected chi connectivity index (χ1v) is 8.13. The van der Waals surface area contributed by atoms with Gasteiger partial charge >= 0.3 is 0 Å². The SMILES string of the molecule is CCOC(C)(C)CNS(=O)(=O)c1cc(CN)ccc1C. The molecule has 0 saturated carbocycles. The molecule has 0 unspecified atom stereocenters. The Morgan fingerprint density at radius 2 is 2.00 bits per heavy atom. The molecule has 0 bridgehead atoms. The fourth-order valence-corrected chi connectivity index (χ4v) is 3.34. The lowest BCUT2D eigenvalue weighted by atomic mass is 10.1. The summed E-state index contributed by atoms with van der Waals surface area (Å²) in [4.78, 5) is 0.271. The first-order chi connectivity index (χ1) is 9.22. The highest BCUT2D eigenvalue weighted by molar-refractivity contribution is 7.89. The average Bonchev–Trinajstić information content (AvgIpc) is 2.37. The van der Waals surface area contributed by atoms with E-state index in [-0.39, 0.29) is 11.4 Å². The van der Waals surface area contributed by atoms with Crippen molar-refractivity contribution in [2.75, 3.05) is 13.2 Å². The van der Waals surface area contributed by atoms with Crippen molar-refractivity contribution in [1.29, 1.82) is 0 Å². The predicted molar refractivity (Wildman–Crippen MR) is 80.0 cm³/mol. The van der Waals surface area contributed by atoms with Gasteiger partial charge in [0.05, 0.1) is 10.5 Å². The predicted octanol–water partition coefficient (Wildman–Crippen LogP) is 1.55. The van der Waals surface area contributed by atoms with E-state index in [4.69, 9.17) is 10.5 Å². The molecule has 20 heavy (non-hydrogen) atoms. The Hall–Kier alpha value is -0.950. The largest absolute Gasteiger partial charge is 0.375 e. The van der Waals surface area contributed by atoms with Gasteiger partial charge in [-0.1, -0.05) is 12.1 Å². The van der Waals surface area contributed by atoms with Gasteiger partial charge in [-0.15, -0.1) is 0 Å². The van der Waals surface area contributed by atoms with Crippen molar-refractivity contribution < 1.29 is 13.2 Å². The molecule has 114 valence electrons. The smallest absolute Gasteiger partial charge is 0.240 e. The van der Waals surface area contributed by atoms with Crippen molar-refractivity contribution in [2.24, 2.45) is 5.73 Å². The molecule has 6 heteroatoms. The molecule has 0 aliphatic heterocycles. The van der Waals surface area contributed by atoms with Crippen LogP contribution in [-0.4, -0.2) is 27.2 Å². The molecule has 0 aromatic heterocycles. The van der Waals surface area contributed by atoms with Gasteiger partial charge in [0.15, 0.2) is 0 Å². The maximum Gasteiger partial charge on any atom is 0.240 e. The number of nitrogens with two attached hydrogens (primary N) is 1. The van der Waals surface area contributed by atoms with Crippen LogP contribution in [0.15, 0.2) is 23.1 Å². The van der Waals surface area contributed by atoms with Gasteiger partial charge in [-0.05, 0) is 44.9 Å². The molecule has 0 aliphatic carbocycles. The highest BCUT2D eigenvalue weighted by atomic mass is 32.2. The first kappa shape index (κ1) is 17.1. The molecular formula is C14H24N2O3S. The molecule has 0 atom stereocenters. The zero-order valence-electron chi connectivity index (χ0n) is 12.6. The van der Waals surface area contributed by atoms with Crippen molar-refractivity contribution in [3.05, 3.63) is 29.3 Å². The van der Waals surface area contributed by atoms with E-state index in [0.717, 1.165) is 5.56 Å². The first-order valence-electron chi connectivity index (χ1n) is 6.65. The van der Waals surface area contributed by atoms with Crippen molar-refractivity contribution >= 4 is 10.0 Å². The summed E-state index contributed by atoms with van der Waals surface area (Å²) in [6.45, 7) is 8.41. The lowest BCUT2D eigenvalue weighted by molar-refractivity contribution is -0.00515. The van der Waals surface area contributed by atoms with E-state index in [2.05, 4.69) is 4.72 Å². The summed E-state index contributed by atoms with van der Waals surface area (Å²) in [5, 5.41) is 0. The molecule has 1 aromatic rings. The molecule has 0 aliphatic rings. The molecule has 1 aromatic carbocycles. The highest BCUT2D eigenvalue weighted by Gasteiger charge is 2.23. The molecule has 0 amide bonds. The normalized spacial score (nSPS) is 12.7. The molecule has 0 heterocycles. The highest BCUT2D eigenvalue weighted by Crippen LogP contribution is 2.18. The molecule has 5 nitrogen and oxygen atoms in total. The Labute approximate surface area is 121 Å². The number of aryl methyl sites for hydroxylation is 1. The van der Waals surface area contributed by atoms with E-state index >= 15 is 0 Å². The standard InChI is InChI=1S/C14H24N2O3S/c1-5-19-14(3,4)10-16-20(17,18)13-8-12(9-15)7-6-11(13)2/h6-8,16H,5,9-10,15H2,1-4H3. The maximum absolute atomic E-state index is 12.4. The summed E-state index contributed by atoms with van der Waals surface area (Å²) < 4.78 is 32.8. The minimum absolute atomic E-state index is 0.218. The van der Waals surface area contributed by atoms with E-state index in [1.165, 1.54) is 0 Å². The number of rotatable bonds is 7. The third-order valence-electron chi connectivity index (χ3n) is 3.00. The maximum atomic E-state index is 12.4. The van der Waals surface area contributed by atoms with Gasteiger partial charge in [-0.2, -0.15) is 0 Å². The van der Waals surface area contributed by atoms with E-state index < -0.39 is 15.6 Å². The molecule has 0 radical (unpaired) electrons. The van der Waals surface area contributed by atoms with Crippen molar-refractivity contribution in [3.63, 3.8) is 0 Å². The molecular weight excluding hydrogens is 276 g/mol. The summed E-state index contributed by atoms with van der Waals surface area (Å²) in [7, 11) is -3.56. The average molecular weight is 300 g/mol. The topological polar surface area (TPSA) is 81.4 Å². The van der Waals surface area contributed by atoms with Crippen LogP contribution in [0, 0.1) is 6.92 Å². The summed E-state index contributed by atoms with van der Waals surface area (Å²) in [5.41, 5.74) is 6.51. The van der Waals surface area contributed by atoms with Crippen molar-refractivity contribution in [2.45, 2.75) is 44.7 Å². The van der Waals surface area contributed by atoms with Crippen LogP contribution >= 0.6 is 0 Å². The van der Waals surface area contributed by atoms with Gasteiger partial charge in [-0.25, -0.2) is 13.1 Å². The van der Waals surface area contributed by atoms with Crippen LogP contribution in [-0.2, 0) is 21.3 Å². The van der Waals surface area contributed by atoms with Crippen LogP contribution < -0.4 is 10.5 Å². The Morgan fingerprint density at radius 1 is 1.35 bits per heavy atom. The summed E-state index contributed by atoms with van der Waals surface area (Å²) >= 11 is 0. The Morgan fingerprint density at radius 3 is 2.55 bits per heavy atom. The third-order valence-corrected chi connectivity index (χ3v) is 4.54. The monoisotopic (exact) mass is 300 g/mol. The fourth-order valence-electron chi connectivity index (χ4n) is 1.85. The lowest BCUT2D eigenvalue weighted by Crippen LogP contribution is -2.40. The summed E-state index contributed by atoms with van der Waals surface area (Å²) in [6, 6.07) is 5.22. The number of sulfonamides is 1. The Bertz CT molecular complexity index is 554. The molecule has 1 rings (SSSR count). The van der Waals surface area contributed by atoms with Crippen LogP contribution in [0.25, 0.3) is 0 Å². The number of hydrogen-bond donors (Lipinski definition) is 2. The van der Waals surface area contributed by atoms with Crippen LogP contribution in [0.4, 0.5) is 0 Å². The second-order valence-electron chi connectivity index (χ2n) is 5.32. The lowest BCUT2D eigenvalue weighted by Gasteiger charge is -2.25. The van der Waals surface area contributed by atoms with Gasteiger partial charge < -0.3 is 10.5 Å². The number of hydrogen-bond acceptors (Lipinski definition) is 4. The molecule has 0 saturated heterocycles.